The molecular weight excluding hydrogens is 263 g/mol. The monoisotopic (exact) mass is 270 g/mol. The molecule has 0 saturated carbocycles. The standard InChI is InChI=1S/C8H8Cl2O2S2/c1-13-8-3-2-6(4-7(8)9)5-14(10,11)12/h2-4H,5H2,1H3. The van der Waals surface area contributed by atoms with Crippen LogP contribution in [-0.2, 0) is 14.8 Å². The van der Waals surface area contributed by atoms with Crippen molar-refractivity contribution in [3.05, 3.63) is 28.8 Å². The van der Waals surface area contributed by atoms with Crippen molar-refractivity contribution in [2.24, 2.45) is 0 Å². The van der Waals surface area contributed by atoms with E-state index >= 15 is 0 Å². The highest BCUT2D eigenvalue weighted by Gasteiger charge is 2.08. The number of thioether (sulfide) groups is 1. The fraction of sp³-hybridized carbons (Fsp3) is 0.250. The maximum Gasteiger partial charge on any atom is 0.236 e. The molecule has 0 aromatic heterocycles. The van der Waals surface area contributed by atoms with Gasteiger partial charge in [-0.05, 0) is 24.0 Å². The molecule has 0 fully saturated rings. The maximum atomic E-state index is 10.8. The molecule has 0 spiro atoms. The summed E-state index contributed by atoms with van der Waals surface area (Å²) in [5.74, 6) is -0.192. The molecular formula is C8H8Cl2O2S2. The second-order valence-electron chi connectivity index (χ2n) is 2.65. The lowest BCUT2D eigenvalue weighted by molar-refractivity contribution is 0.609. The molecule has 1 rings (SSSR count). The van der Waals surface area contributed by atoms with Crippen molar-refractivity contribution < 1.29 is 8.42 Å². The third-order valence-electron chi connectivity index (χ3n) is 1.56. The summed E-state index contributed by atoms with van der Waals surface area (Å²) in [6, 6.07) is 5.11. The van der Waals surface area contributed by atoms with Crippen molar-refractivity contribution in [1.29, 1.82) is 0 Å². The second-order valence-corrected chi connectivity index (χ2v) is 6.68. The van der Waals surface area contributed by atoms with Crippen LogP contribution in [0.2, 0.25) is 5.02 Å². The van der Waals surface area contributed by atoms with Gasteiger partial charge < -0.3 is 0 Å². The molecule has 0 amide bonds. The van der Waals surface area contributed by atoms with Crippen molar-refractivity contribution >= 4 is 43.1 Å². The van der Waals surface area contributed by atoms with Crippen LogP contribution in [0.5, 0.6) is 0 Å². The number of hydrogen-bond acceptors (Lipinski definition) is 3. The molecule has 0 aliphatic rings. The van der Waals surface area contributed by atoms with Gasteiger partial charge in [0.05, 0.1) is 10.8 Å². The minimum absolute atomic E-state index is 0.192. The van der Waals surface area contributed by atoms with Gasteiger partial charge >= 0.3 is 0 Å². The van der Waals surface area contributed by atoms with Gasteiger partial charge in [0.25, 0.3) is 0 Å². The predicted molar refractivity (Wildman–Crippen MR) is 61.7 cm³/mol. The van der Waals surface area contributed by atoms with Crippen LogP contribution in [0.1, 0.15) is 5.56 Å². The first-order chi connectivity index (χ1) is 6.42. The van der Waals surface area contributed by atoms with E-state index in [0.29, 0.717) is 10.6 Å². The van der Waals surface area contributed by atoms with E-state index in [1.54, 1.807) is 18.2 Å². The average molecular weight is 271 g/mol. The van der Waals surface area contributed by atoms with E-state index in [1.807, 2.05) is 6.26 Å². The summed E-state index contributed by atoms with van der Waals surface area (Å²) in [4.78, 5) is 0.919. The van der Waals surface area contributed by atoms with E-state index in [-0.39, 0.29) is 5.75 Å². The van der Waals surface area contributed by atoms with Crippen LogP contribution in [0.15, 0.2) is 23.1 Å². The first kappa shape index (κ1) is 12.2. The molecule has 0 bridgehead atoms. The largest absolute Gasteiger partial charge is 0.236 e. The van der Waals surface area contributed by atoms with Crippen molar-refractivity contribution in [2.45, 2.75) is 10.6 Å². The van der Waals surface area contributed by atoms with E-state index in [1.165, 1.54) is 11.8 Å². The first-order valence-electron chi connectivity index (χ1n) is 3.67. The molecule has 78 valence electrons. The lowest BCUT2D eigenvalue weighted by atomic mass is 10.2. The van der Waals surface area contributed by atoms with E-state index in [0.717, 1.165) is 4.90 Å². The lowest BCUT2D eigenvalue weighted by Crippen LogP contribution is -1.94. The van der Waals surface area contributed by atoms with Gasteiger partial charge in [-0.15, -0.1) is 11.8 Å². The highest BCUT2D eigenvalue weighted by Crippen LogP contribution is 2.26. The summed E-state index contributed by atoms with van der Waals surface area (Å²) in [6.45, 7) is 0. The Morgan fingerprint density at radius 3 is 2.50 bits per heavy atom. The summed E-state index contributed by atoms with van der Waals surface area (Å²) < 4.78 is 21.6. The number of halogens is 2. The molecule has 0 aliphatic carbocycles. The summed E-state index contributed by atoms with van der Waals surface area (Å²) in [6.07, 6.45) is 1.90. The first-order valence-corrected chi connectivity index (χ1v) is 7.75. The van der Waals surface area contributed by atoms with Gasteiger partial charge in [-0.1, -0.05) is 17.7 Å². The highest BCUT2D eigenvalue weighted by atomic mass is 35.7. The number of hydrogen-bond donors (Lipinski definition) is 0. The SMILES string of the molecule is CSc1ccc(CS(=O)(=O)Cl)cc1Cl. The molecule has 6 heteroatoms. The van der Waals surface area contributed by atoms with Crippen LogP contribution in [0, 0.1) is 0 Å². The third-order valence-corrected chi connectivity index (χ3v) is 3.78. The van der Waals surface area contributed by atoms with Crippen molar-refractivity contribution in [2.75, 3.05) is 6.26 Å². The fourth-order valence-corrected chi connectivity index (χ4v) is 2.85. The van der Waals surface area contributed by atoms with E-state index in [9.17, 15) is 8.42 Å². The Morgan fingerprint density at radius 1 is 1.43 bits per heavy atom. The Morgan fingerprint density at radius 2 is 2.07 bits per heavy atom. The minimum Gasteiger partial charge on any atom is -0.212 e. The van der Waals surface area contributed by atoms with Crippen LogP contribution in [0.25, 0.3) is 0 Å². The molecule has 2 nitrogen and oxygen atoms in total. The van der Waals surface area contributed by atoms with Crippen molar-refractivity contribution in [3.63, 3.8) is 0 Å². The molecule has 0 heterocycles. The molecule has 0 aliphatic heterocycles. The molecule has 14 heavy (non-hydrogen) atoms. The van der Waals surface area contributed by atoms with Crippen LogP contribution in [-0.4, -0.2) is 14.7 Å². The Bertz CT molecular complexity index is 429. The van der Waals surface area contributed by atoms with Gasteiger partial charge in [-0.2, -0.15) is 0 Å². The van der Waals surface area contributed by atoms with E-state index < -0.39 is 9.05 Å². The fourth-order valence-electron chi connectivity index (χ4n) is 0.999. The quantitative estimate of drug-likeness (QED) is 0.625. The number of benzene rings is 1. The van der Waals surface area contributed by atoms with Gasteiger partial charge in [0.15, 0.2) is 0 Å². The zero-order valence-electron chi connectivity index (χ0n) is 7.33. The Kier molecular flexibility index (Phi) is 4.13. The highest BCUT2D eigenvalue weighted by molar-refractivity contribution is 8.13. The molecule has 1 aromatic carbocycles. The second kappa shape index (κ2) is 4.75. The van der Waals surface area contributed by atoms with Crippen LogP contribution < -0.4 is 0 Å². The molecule has 0 radical (unpaired) electrons. The zero-order chi connectivity index (χ0) is 10.8. The van der Waals surface area contributed by atoms with Crippen molar-refractivity contribution in [1.82, 2.24) is 0 Å². The van der Waals surface area contributed by atoms with Gasteiger partial charge in [0, 0.05) is 15.6 Å². The minimum atomic E-state index is -3.51. The Hall–Kier alpha value is 0.1000. The third kappa shape index (κ3) is 3.69. The summed E-state index contributed by atoms with van der Waals surface area (Å²) in [5.41, 5.74) is 0.600. The average Bonchev–Trinajstić information content (AvgIpc) is 2.01. The summed E-state index contributed by atoms with van der Waals surface area (Å²) >= 11 is 7.41. The maximum absolute atomic E-state index is 10.8. The van der Waals surface area contributed by atoms with Crippen molar-refractivity contribution in [3.8, 4) is 0 Å². The van der Waals surface area contributed by atoms with Gasteiger partial charge in [0.2, 0.25) is 9.05 Å². The van der Waals surface area contributed by atoms with Crippen LogP contribution in [0.4, 0.5) is 0 Å². The predicted octanol–water partition coefficient (Wildman–Crippen LogP) is 3.13. The smallest absolute Gasteiger partial charge is 0.212 e. The summed E-state index contributed by atoms with van der Waals surface area (Å²) in [5, 5.41) is 0.551. The van der Waals surface area contributed by atoms with Gasteiger partial charge in [-0.3, -0.25) is 0 Å². The summed E-state index contributed by atoms with van der Waals surface area (Å²) in [7, 11) is 1.61. The molecule has 0 saturated heterocycles. The lowest BCUT2D eigenvalue weighted by Gasteiger charge is -2.02. The van der Waals surface area contributed by atoms with Gasteiger partial charge in [-0.25, -0.2) is 8.42 Å². The van der Waals surface area contributed by atoms with Crippen LogP contribution in [0.3, 0.4) is 0 Å². The molecule has 0 atom stereocenters. The van der Waals surface area contributed by atoms with Gasteiger partial charge in [0.1, 0.15) is 0 Å². The topological polar surface area (TPSA) is 34.1 Å². The molecule has 0 N–H and O–H groups in total. The zero-order valence-corrected chi connectivity index (χ0v) is 10.5. The molecule has 0 unspecified atom stereocenters. The van der Waals surface area contributed by atoms with E-state index in [4.69, 9.17) is 22.3 Å². The normalized spacial score (nSPS) is 11.6. The van der Waals surface area contributed by atoms with E-state index in [2.05, 4.69) is 0 Å². The van der Waals surface area contributed by atoms with Crippen LogP contribution >= 0.6 is 34.0 Å². The Balaban J connectivity index is 2.98. The molecule has 1 aromatic rings. The Labute approximate surface area is 97.0 Å². The number of rotatable bonds is 3.